The third-order valence-corrected chi connectivity index (χ3v) is 5.35. The lowest BCUT2D eigenvalue weighted by atomic mass is 9.89. The molecule has 4 rings (SSSR count). The van der Waals surface area contributed by atoms with Gasteiger partial charge in [0.15, 0.2) is 11.5 Å². The number of benzene rings is 2. The molecular weight excluding hydrogens is 380 g/mol. The average molecular weight is 404 g/mol. The summed E-state index contributed by atoms with van der Waals surface area (Å²) in [7, 11) is 1.61. The summed E-state index contributed by atoms with van der Waals surface area (Å²) in [6, 6.07) is 11.1. The van der Waals surface area contributed by atoms with E-state index in [0.29, 0.717) is 23.5 Å². The molecule has 29 heavy (non-hydrogen) atoms. The lowest BCUT2D eigenvalue weighted by Gasteiger charge is -2.40. The fourth-order valence-corrected chi connectivity index (χ4v) is 3.74. The minimum atomic E-state index is -1.44. The predicted molar refractivity (Wildman–Crippen MR) is 101 cm³/mol. The largest absolute Gasteiger partial charge is 0.497 e. The summed E-state index contributed by atoms with van der Waals surface area (Å²) in [6.07, 6.45) is -5.58. The second-order valence-corrected chi connectivity index (χ2v) is 7.19. The Kier molecular flexibility index (Phi) is 5.62. The van der Waals surface area contributed by atoms with Gasteiger partial charge in [0.25, 0.3) is 0 Å². The molecule has 0 saturated carbocycles. The molecule has 1 fully saturated rings. The van der Waals surface area contributed by atoms with E-state index in [1.54, 1.807) is 13.2 Å². The smallest absolute Gasteiger partial charge is 0.231 e. The van der Waals surface area contributed by atoms with Crippen LogP contribution in [0.25, 0.3) is 0 Å². The van der Waals surface area contributed by atoms with Crippen LogP contribution in [0.2, 0.25) is 0 Å². The number of fused-ring (bicyclic) bond motifs is 1. The van der Waals surface area contributed by atoms with Gasteiger partial charge in [-0.2, -0.15) is 0 Å². The Morgan fingerprint density at radius 3 is 2.45 bits per heavy atom. The quantitative estimate of drug-likeness (QED) is 0.570. The Bertz CT molecular complexity index is 851. The first-order chi connectivity index (χ1) is 14.0. The molecule has 0 bridgehead atoms. The summed E-state index contributed by atoms with van der Waals surface area (Å²) in [5, 5.41) is 40.0. The van der Waals surface area contributed by atoms with E-state index in [-0.39, 0.29) is 6.79 Å². The summed E-state index contributed by atoms with van der Waals surface area (Å²) < 4.78 is 22.0. The average Bonchev–Trinajstić information content (AvgIpc) is 3.22. The van der Waals surface area contributed by atoms with Crippen LogP contribution in [0.3, 0.4) is 0 Å². The topological polar surface area (TPSA) is 118 Å². The Balaban J connectivity index is 1.67. The van der Waals surface area contributed by atoms with Crippen molar-refractivity contribution in [1.29, 1.82) is 0 Å². The molecule has 2 aliphatic heterocycles. The first-order valence-corrected chi connectivity index (χ1v) is 9.37. The number of aliphatic hydroxyl groups excluding tert-OH is 4. The van der Waals surface area contributed by atoms with Crippen molar-refractivity contribution >= 4 is 0 Å². The first-order valence-electron chi connectivity index (χ1n) is 9.37. The summed E-state index contributed by atoms with van der Waals surface area (Å²) >= 11 is 0. The number of rotatable bonds is 5. The summed E-state index contributed by atoms with van der Waals surface area (Å²) in [4.78, 5) is 0. The van der Waals surface area contributed by atoms with Gasteiger partial charge in [0, 0.05) is 12.0 Å². The number of ether oxygens (including phenoxy) is 4. The zero-order chi connectivity index (χ0) is 20.5. The Hall–Kier alpha value is -2.36. The normalized spacial score (nSPS) is 28.4. The highest BCUT2D eigenvalue weighted by Gasteiger charge is 2.44. The molecule has 0 aliphatic carbocycles. The molecule has 0 radical (unpaired) electrons. The molecule has 0 aromatic heterocycles. The zero-order valence-corrected chi connectivity index (χ0v) is 15.9. The molecule has 4 N–H and O–H groups in total. The zero-order valence-electron chi connectivity index (χ0n) is 15.9. The van der Waals surface area contributed by atoms with Crippen LogP contribution >= 0.6 is 0 Å². The van der Waals surface area contributed by atoms with Crippen molar-refractivity contribution in [3.63, 3.8) is 0 Å². The van der Waals surface area contributed by atoms with Gasteiger partial charge >= 0.3 is 0 Å². The summed E-state index contributed by atoms with van der Waals surface area (Å²) in [6.45, 7) is -0.395. The minimum Gasteiger partial charge on any atom is -0.497 e. The molecule has 1 saturated heterocycles. The molecule has 156 valence electrons. The Morgan fingerprint density at radius 2 is 1.76 bits per heavy atom. The van der Waals surface area contributed by atoms with Crippen LogP contribution in [0.15, 0.2) is 36.4 Å². The second-order valence-electron chi connectivity index (χ2n) is 7.19. The van der Waals surface area contributed by atoms with Gasteiger partial charge in [0.05, 0.1) is 13.7 Å². The van der Waals surface area contributed by atoms with E-state index in [4.69, 9.17) is 18.9 Å². The number of methoxy groups -OCH3 is 1. The van der Waals surface area contributed by atoms with Crippen LogP contribution < -0.4 is 14.2 Å². The molecule has 2 aromatic rings. The number of hydrogen-bond acceptors (Lipinski definition) is 8. The number of hydrogen-bond donors (Lipinski definition) is 4. The Labute approximate surface area is 167 Å². The lowest BCUT2D eigenvalue weighted by Crippen LogP contribution is -2.55. The fraction of sp³-hybridized carbons (Fsp3) is 0.429. The van der Waals surface area contributed by atoms with Gasteiger partial charge in [0.2, 0.25) is 6.79 Å². The third kappa shape index (κ3) is 3.77. The van der Waals surface area contributed by atoms with E-state index < -0.39 is 37.1 Å². The van der Waals surface area contributed by atoms with Crippen molar-refractivity contribution in [1.82, 2.24) is 0 Å². The Morgan fingerprint density at radius 1 is 1.00 bits per heavy atom. The maximum atomic E-state index is 10.5. The molecular formula is C21H24O8. The van der Waals surface area contributed by atoms with Gasteiger partial charge < -0.3 is 39.4 Å². The molecule has 0 spiro atoms. The maximum Gasteiger partial charge on any atom is 0.231 e. The molecule has 8 heteroatoms. The monoisotopic (exact) mass is 404 g/mol. The van der Waals surface area contributed by atoms with Crippen molar-refractivity contribution in [3.05, 3.63) is 53.1 Å². The molecule has 2 aliphatic rings. The molecule has 2 heterocycles. The van der Waals surface area contributed by atoms with Crippen LogP contribution in [-0.2, 0) is 11.2 Å². The summed E-state index contributed by atoms with van der Waals surface area (Å²) in [5.74, 6) is 1.89. The number of aliphatic hydroxyl groups is 4. The van der Waals surface area contributed by atoms with Crippen molar-refractivity contribution in [3.8, 4) is 17.2 Å². The van der Waals surface area contributed by atoms with Crippen molar-refractivity contribution < 1.29 is 39.4 Å². The van der Waals surface area contributed by atoms with E-state index in [0.717, 1.165) is 16.9 Å². The lowest BCUT2D eigenvalue weighted by molar-refractivity contribution is -0.231. The van der Waals surface area contributed by atoms with Crippen LogP contribution in [-0.4, -0.2) is 65.4 Å². The van der Waals surface area contributed by atoms with Crippen LogP contribution in [0.1, 0.15) is 22.8 Å². The van der Waals surface area contributed by atoms with Crippen molar-refractivity contribution in [2.24, 2.45) is 0 Å². The van der Waals surface area contributed by atoms with E-state index in [2.05, 4.69) is 0 Å². The minimum absolute atomic E-state index is 0.0864. The van der Waals surface area contributed by atoms with E-state index in [1.807, 2.05) is 30.3 Å². The summed E-state index contributed by atoms with van der Waals surface area (Å²) in [5.41, 5.74) is 2.42. The fourth-order valence-electron chi connectivity index (χ4n) is 3.74. The standard InChI is InChI=1S/C21H24O8/c1-26-14-4-2-11(3-5-14)6-12-7-13(8-15-20(12)28-10-27-15)21-19(25)18(24)17(23)16(9-22)29-21/h2-5,7-8,16-19,21-25H,6,9-10H2,1H3/t16-,17-,18-,19-,21+/m0/s1. The van der Waals surface area contributed by atoms with Gasteiger partial charge in [-0.25, -0.2) is 0 Å². The van der Waals surface area contributed by atoms with Crippen molar-refractivity contribution in [2.45, 2.75) is 36.9 Å². The van der Waals surface area contributed by atoms with Crippen LogP contribution in [0.4, 0.5) is 0 Å². The highest BCUT2D eigenvalue weighted by atomic mass is 16.7. The molecule has 5 atom stereocenters. The van der Waals surface area contributed by atoms with E-state index in [1.165, 1.54) is 0 Å². The highest BCUT2D eigenvalue weighted by Crippen LogP contribution is 2.42. The molecule has 2 aromatic carbocycles. The highest BCUT2D eigenvalue weighted by molar-refractivity contribution is 5.53. The second kappa shape index (κ2) is 8.17. The van der Waals surface area contributed by atoms with Gasteiger partial charge in [-0.1, -0.05) is 12.1 Å². The van der Waals surface area contributed by atoms with Gasteiger partial charge in [0.1, 0.15) is 36.3 Å². The predicted octanol–water partition coefficient (Wildman–Crippen LogP) is 0.530. The van der Waals surface area contributed by atoms with E-state index >= 15 is 0 Å². The molecule has 0 amide bonds. The first kappa shape index (κ1) is 19.9. The van der Waals surface area contributed by atoms with Gasteiger partial charge in [-0.15, -0.1) is 0 Å². The molecule has 0 unspecified atom stereocenters. The van der Waals surface area contributed by atoms with Crippen LogP contribution in [0, 0.1) is 0 Å². The molecule has 8 nitrogen and oxygen atoms in total. The van der Waals surface area contributed by atoms with E-state index in [9.17, 15) is 20.4 Å². The van der Waals surface area contributed by atoms with Gasteiger partial charge in [-0.05, 0) is 35.4 Å². The van der Waals surface area contributed by atoms with Gasteiger partial charge in [-0.3, -0.25) is 0 Å². The van der Waals surface area contributed by atoms with Crippen LogP contribution in [0.5, 0.6) is 17.2 Å². The van der Waals surface area contributed by atoms with Crippen molar-refractivity contribution in [2.75, 3.05) is 20.5 Å². The maximum absolute atomic E-state index is 10.5. The third-order valence-electron chi connectivity index (χ3n) is 5.35. The SMILES string of the molecule is COc1ccc(Cc2cc([C@H]3O[C@@H](CO)[C@H](O)[C@H](O)[C@@H]3O)cc3c2OCO3)cc1.